The zero-order valence-corrected chi connectivity index (χ0v) is 15.9. The molecule has 2 nitrogen and oxygen atoms in total. The Bertz CT molecular complexity index is 293. The number of rotatable bonds is 5. The lowest BCUT2D eigenvalue weighted by Crippen LogP contribution is -2.44. The molecule has 0 amide bonds. The summed E-state index contributed by atoms with van der Waals surface area (Å²) >= 11 is 0. The molecule has 0 aromatic heterocycles. The molecule has 0 bridgehead atoms. The van der Waals surface area contributed by atoms with Gasteiger partial charge in [0.05, 0.1) is 0 Å². The topological polar surface area (TPSA) is 35.2 Å². The fourth-order valence-corrected chi connectivity index (χ4v) is 4.13. The standard InChI is InChI=1S/C17H37NOSi/c1-16(2,3)20(6,7)19-15-10-8-14(9-11-15)12-13-17(4,5)18/h14-15H,8-13,18H2,1-7H3. The van der Waals surface area contributed by atoms with Crippen molar-refractivity contribution in [2.24, 2.45) is 11.7 Å². The fourth-order valence-electron chi connectivity index (χ4n) is 2.71. The van der Waals surface area contributed by atoms with E-state index >= 15 is 0 Å². The third-order valence-corrected chi connectivity index (χ3v) is 9.79. The molecule has 1 rings (SSSR count). The van der Waals surface area contributed by atoms with Crippen LogP contribution in [0.2, 0.25) is 18.1 Å². The van der Waals surface area contributed by atoms with Gasteiger partial charge in [-0.3, -0.25) is 0 Å². The van der Waals surface area contributed by atoms with E-state index in [0.717, 1.165) is 12.3 Å². The predicted octanol–water partition coefficient (Wildman–Crippen LogP) is 5.08. The Hall–Kier alpha value is 0.137. The van der Waals surface area contributed by atoms with Crippen molar-refractivity contribution in [1.82, 2.24) is 0 Å². The van der Waals surface area contributed by atoms with E-state index in [4.69, 9.17) is 10.2 Å². The van der Waals surface area contributed by atoms with Crippen LogP contribution < -0.4 is 5.73 Å². The van der Waals surface area contributed by atoms with Crippen molar-refractivity contribution in [3.63, 3.8) is 0 Å². The third kappa shape index (κ3) is 5.86. The van der Waals surface area contributed by atoms with E-state index in [1.54, 1.807) is 0 Å². The molecule has 1 fully saturated rings. The van der Waals surface area contributed by atoms with Crippen molar-refractivity contribution in [2.45, 2.75) is 103 Å². The second-order valence-electron chi connectivity index (χ2n) is 9.05. The number of hydrogen-bond acceptors (Lipinski definition) is 2. The molecule has 0 aromatic rings. The first-order chi connectivity index (χ1) is 8.91. The molecule has 2 N–H and O–H groups in total. The van der Waals surface area contributed by atoms with Gasteiger partial charge < -0.3 is 10.2 Å². The minimum Gasteiger partial charge on any atom is -0.414 e. The van der Waals surface area contributed by atoms with Crippen LogP contribution in [0.5, 0.6) is 0 Å². The fraction of sp³-hybridized carbons (Fsp3) is 1.00. The first kappa shape index (κ1) is 18.2. The highest BCUT2D eigenvalue weighted by Gasteiger charge is 2.39. The van der Waals surface area contributed by atoms with Crippen LogP contribution in [0.15, 0.2) is 0 Å². The molecule has 1 aliphatic carbocycles. The van der Waals surface area contributed by atoms with Gasteiger partial charge in [0.2, 0.25) is 0 Å². The summed E-state index contributed by atoms with van der Waals surface area (Å²) in [5.41, 5.74) is 6.09. The van der Waals surface area contributed by atoms with Gasteiger partial charge in [-0.25, -0.2) is 0 Å². The van der Waals surface area contributed by atoms with Gasteiger partial charge in [0, 0.05) is 11.6 Å². The Morgan fingerprint density at radius 2 is 1.50 bits per heavy atom. The zero-order chi connectivity index (χ0) is 15.6. The van der Waals surface area contributed by atoms with Gasteiger partial charge in [-0.15, -0.1) is 0 Å². The number of hydrogen-bond donors (Lipinski definition) is 1. The Morgan fingerprint density at radius 3 is 1.90 bits per heavy atom. The predicted molar refractivity (Wildman–Crippen MR) is 91.5 cm³/mol. The Balaban J connectivity index is 2.36. The zero-order valence-electron chi connectivity index (χ0n) is 14.9. The highest BCUT2D eigenvalue weighted by Crippen LogP contribution is 2.40. The Labute approximate surface area is 128 Å². The molecule has 0 aliphatic heterocycles. The molecule has 0 heterocycles. The van der Waals surface area contributed by atoms with Crippen LogP contribution in [0.4, 0.5) is 0 Å². The van der Waals surface area contributed by atoms with Crippen LogP contribution in [0.1, 0.15) is 73.1 Å². The average Bonchev–Trinajstić information content (AvgIpc) is 2.25. The summed E-state index contributed by atoms with van der Waals surface area (Å²) in [6, 6.07) is 0. The van der Waals surface area contributed by atoms with Crippen molar-refractivity contribution in [2.75, 3.05) is 0 Å². The van der Waals surface area contributed by atoms with Crippen LogP contribution in [0, 0.1) is 5.92 Å². The Kier molecular flexibility index (Phi) is 5.90. The van der Waals surface area contributed by atoms with Gasteiger partial charge in [-0.1, -0.05) is 20.8 Å². The van der Waals surface area contributed by atoms with Crippen molar-refractivity contribution >= 4 is 8.32 Å². The Morgan fingerprint density at radius 1 is 1.00 bits per heavy atom. The van der Waals surface area contributed by atoms with Crippen molar-refractivity contribution in [3.8, 4) is 0 Å². The lowest BCUT2D eigenvalue weighted by Gasteiger charge is -2.41. The largest absolute Gasteiger partial charge is 0.414 e. The highest BCUT2D eigenvalue weighted by molar-refractivity contribution is 6.74. The average molecular weight is 300 g/mol. The van der Waals surface area contributed by atoms with E-state index in [1.165, 1.54) is 32.1 Å². The maximum atomic E-state index is 6.55. The number of nitrogens with two attached hydrogens (primary N) is 1. The van der Waals surface area contributed by atoms with Gasteiger partial charge in [0.25, 0.3) is 0 Å². The summed E-state index contributed by atoms with van der Waals surface area (Å²) in [6.07, 6.45) is 8.11. The summed E-state index contributed by atoms with van der Waals surface area (Å²) in [4.78, 5) is 0. The smallest absolute Gasteiger partial charge is 0.192 e. The van der Waals surface area contributed by atoms with Gasteiger partial charge >= 0.3 is 0 Å². The van der Waals surface area contributed by atoms with Crippen LogP contribution in [0.3, 0.4) is 0 Å². The summed E-state index contributed by atoms with van der Waals surface area (Å²) in [7, 11) is -1.58. The first-order valence-electron chi connectivity index (χ1n) is 8.37. The molecule has 0 unspecified atom stereocenters. The second kappa shape index (κ2) is 6.49. The van der Waals surface area contributed by atoms with E-state index in [2.05, 4.69) is 47.7 Å². The maximum Gasteiger partial charge on any atom is 0.192 e. The third-order valence-electron chi connectivity index (χ3n) is 5.26. The van der Waals surface area contributed by atoms with Crippen LogP contribution in [-0.2, 0) is 4.43 Å². The SMILES string of the molecule is CC(C)(N)CCC1CCC(O[Si](C)(C)C(C)(C)C)CC1. The van der Waals surface area contributed by atoms with Crippen LogP contribution in [0.25, 0.3) is 0 Å². The summed E-state index contributed by atoms with van der Waals surface area (Å²) < 4.78 is 6.55. The van der Waals surface area contributed by atoms with Gasteiger partial charge in [0.15, 0.2) is 8.32 Å². The highest BCUT2D eigenvalue weighted by atomic mass is 28.4. The molecular formula is C17H37NOSi. The minimum absolute atomic E-state index is 0.00547. The van der Waals surface area contributed by atoms with Crippen molar-refractivity contribution in [1.29, 1.82) is 0 Å². The quantitative estimate of drug-likeness (QED) is 0.718. The molecule has 0 atom stereocenters. The molecule has 3 heteroatoms. The van der Waals surface area contributed by atoms with E-state index in [1.807, 2.05) is 0 Å². The normalized spacial score (nSPS) is 25.8. The molecule has 1 saturated carbocycles. The molecule has 0 radical (unpaired) electrons. The molecule has 0 saturated heterocycles. The van der Waals surface area contributed by atoms with Gasteiger partial charge in [0.1, 0.15) is 0 Å². The first-order valence-corrected chi connectivity index (χ1v) is 11.3. The molecule has 0 spiro atoms. The second-order valence-corrected chi connectivity index (χ2v) is 13.8. The lowest BCUT2D eigenvalue weighted by molar-refractivity contribution is 0.112. The maximum absolute atomic E-state index is 6.55. The molecule has 1 aliphatic rings. The summed E-state index contributed by atoms with van der Waals surface area (Å²) in [5, 5.41) is 0.327. The van der Waals surface area contributed by atoms with Crippen LogP contribution in [-0.4, -0.2) is 20.0 Å². The molecule has 20 heavy (non-hydrogen) atoms. The summed E-state index contributed by atoms with van der Waals surface area (Å²) in [5.74, 6) is 0.872. The van der Waals surface area contributed by atoms with Crippen LogP contribution >= 0.6 is 0 Å². The van der Waals surface area contributed by atoms with E-state index in [9.17, 15) is 0 Å². The minimum atomic E-state index is -1.58. The van der Waals surface area contributed by atoms with Crippen molar-refractivity contribution in [3.05, 3.63) is 0 Å². The van der Waals surface area contributed by atoms with E-state index in [0.29, 0.717) is 11.1 Å². The van der Waals surface area contributed by atoms with Gasteiger partial charge in [-0.2, -0.15) is 0 Å². The molecular weight excluding hydrogens is 262 g/mol. The summed E-state index contributed by atoms with van der Waals surface area (Å²) in [6.45, 7) is 16.0. The van der Waals surface area contributed by atoms with Crippen molar-refractivity contribution < 1.29 is 4.43 Å². The van der Waals surface area contributed by atoms with Gasteiger partial charge in [-0.05, 0) is 76.4 Å². The molecule has 120 valence electrons. The monoisotopic (exact) mass is 299 g/mol. The molecule has 0 aromatic carbocycles. The van der Waals surface area contributed by atoms with E-state index < -0.39 is 8.32 Å². The van der Waals surface area contributed by atoms with E-state index in [-0.39, 0.29) is 5.54 Å². The lowest BCUT2D eigenvalue weighted by atomic mass is 9.82.